The third-order valence-electron chi connectivity index (χ3n) is 2.79. The maximum absolute atomic E-state index is 13.7. The molecule has 0 bridgehead atoms. The Kier molecular flexibility index (Phi) is 7.01. The molecule has 1 aliphatic heterocycles. The zero-order chi connectivity index (χ0) is 20.6. The van der Waals surface area contributed by atoms with Crippen molar-refractivity contribution in [2.75, 3.05) is 10.2 Å². The molecule has 1 heterocycles. The van der Waals surface area contributed by atoms with Crippen molar-refractivity contribution in [2.45, 2.75) is 43.2 Å². The summed E-state index contributed by atoms with van der Waals surface area (Å²) in [4.78, 5) is 7.97. The number of morpholine rings is 1. The highest BCUT2D eigenvalue weighted by Gasteiger charge is 2.88. The predicted molar refractivity (Wildman–Crippen MR) is 74.3 cm³/mol. The van der Waals surface area contributed by atoms with Crippen molar-refractivity contribution in [3.63, 3.8) is 0 Å². The molecule has 0 aliphatic carbocycles. The van der Waals surface area contributed by atoms with Crippen LogP contribution in [0.25, 0.3) is 0 Å². The highest BCUT2D eigenvalue weighted by molar-refractivity contribution is 14.1. The van der Waals surface area contributed by atoms with Gasteiger partial charge in [0.2, 0.25) is 0 Å². The van der Waals surface area contributed by atoms with Gasteiger partial charge in [-0.05, 0) is 17.3 Å². The summed E-state index contributed by atoms with van der Waals surface area (Å²) in [5.74, 6) is -3.31. The Bertz CT molecular complexity index is 509. The van der Waals surface area contributed by atoms with E-state index in [9.17, 15) is 48.7 Å². The monoisotopic (exact) mass is 539 g/mol. The van der Waals surface area contributed by atoms with E-state index in [-0.39, 0.29) is 24.2 Å². The molecule has 1 fully saturated rings. The molecule has 0 unspecified atom stereocenters. The summed E-state index contributed by atoms with van der Waals surface area (Å²) in [6.07, 6.45) is -12.1. The molecule has 4 nitrogen and oxygen atoms in total. The second-order valence-corrected chi connectivity index (χ2v) is 6.57. The molecule has 154 valence electrons. The number of carbonyl (C=O) groups is 1. The molecule has 0 saturated carbocycles. The minimum absolute atomic E-state index is 0.0633. The van der Waals surface area contributed by atoms with Gasteiger partial charge in [0, 0.05) is 5.75 Å². The van der Waals surface area contributed by atoms with Crippen molar-refractivity contribution in [1.29, 1.82) is 0 Å². The Labute approximate surface area is 156 Å². The maximum atomic E-state index is 13.7. The van der Waals surface area contributed by atoms with Gasteiger partial charge >= 0.3 is 36.3 Å². The van der Waals surface area contributed by atoms with Crippen LogP contribution >= 0.6 is 34.6 Å². The lowest BCUT2D eigenvalue weighted by Crippen LogP contribution is -2.78. The van der Waals surface area contributed by atoms with Gasteiger partial charge in [-0.1, -0.05) is 27.5 Å². The first-order valence-corrected chi connectivity index (χ1v) is 8.79. The number of carbonyl (C=O) groups excluding carboxylic acids is 1. The number of alkyl halides is 11. The Morgan fingerprint density at radius 3 is 1.88 bits per heavy atom. The first kappa shape index (κ1) is 23.8. The van der Waals surface area contributed by atoms with Crippen LogP contribution < -0.4 is 0 Å². The highest BCUT2D eigenvalue weighted by atomic mass is 127. The number of rotatable bonds is 7. The van der Waals surface area contributed by atoms with Gasteiger partial charge in [-0.3, -0.25) is 0 Å². The summed E-state index contributed by atoms with van der Waals surface area (Å²) in [5, 5.41) is 0. The van der Waals surface area contributed by atoms with E-state index in [1.807, 2.05) is 27.3 Å². The second-order valence-electron chi connectivity index (χ2n) is 4.68. The summed E-state index contributed by atoms with van der Waals surface area (Å²) in [6, 6.07) is -19.6. The van der Waals surface area contributed by atoms with Crippen LogP contribution in [0.4, 0.5) is 43.9 Å². The molecule has 1 rings (SSSR count). The van der Waals surface area contributed by atoms with Crippen LogP contribution in [0.2, 0.25) is 0 Å². The lowest BCUT2D eigenvalue weighted by molar-refractivity contribution is -0.581. The van der Waals surface area contributed by atoms with Gasteiger partial charge in [-0.2, -0.15) is 43.9 Å². The third-order valence-corrected chi connectivity index (χ3v) is 4.28. The third kappa shape index (κ3) is 4.11. The predicted octanol–water partition coefficient (Wildman–Crippen LogP) is 4.69. The van der Waals surface area contributed by atoms with E-state index < -0.39 is 41.2 Å². The zero-order valence-corrected chi connectivity index (χ0v) is 15.0. The molecule has 0 aromatic heterocycles. The normalized spacial score (nSPS) is 24.3. The quantitative estimate of drug-likeness (QED) is 0.117. The number of nitrogens with zero attached hydrogens (tertiary/aromatic N) is 1. The average molecular weight is 539 g/mol. The van der Waals surface area contributed by atoms with E-state index in [4.69, 9.17) is 0 Å². The number of unbranched alkanes of at least 4 members (excludes halogenated alkanes) is 1. The Morgan fingerprint density at radius 2 is 1.46 bits per heavy atom. The van der Waals surface area contributed by atoms with E-state index in [2.05, 4.69) is 4.18 Å². The van der Waals surface area contributed by atoms with Crippen molar-refractivity contribution in [3.05, 3.63) is 0 Å². The fourth-order valence-electron chi connectivity index (χ4n) is 1.57. The van der Waals surface area contributed by atoms with Gasteiger partial charge in [0.05, 0.1) is 12.0 Å². The van der Waals surface area contributed by atoms with Gasteiger partial charge in [-0.25, -0.2) is 9.53 Å². The van der Waals surface area contributed by atoms with Crippen molar-refractivity contribution < 1.29 is 57.6 Å². The Hall–Kier alpha value is -0.230. The van der Waals surface area contributed by atoms with E-state index >= 15 is 0 Å². The number of hydrogen-bond donors (Lipinski definition) is 0. The first-order chi connectivity index (χ1) is 11.6. The summed E-state index contributed by atoms with van der Waals surface area (Å²) >= 11 is 1.88. The zero-order valence-electron chi connectivity index (χ0n) is 12.1. The van der Waals surface area contributed by atoms with Crippen molar-refractivity contribution in [3.8, 4) is 0 Å². The van der Waals surface area contributed by atoms with Crippen molar-refractivity contribution in [1.82, 2.24) is 4.90 Å². The van der Waals surface area contributed by atoms with Crippen LogP contribution in [-0.2, 0) is 13.7 Å². The first-order valence-electron chi connectivity index (χ1n) is 6.35. The summed E-state index contributed by atoms with van der Waals surface area (Å²) < 4.78 is 139. The van der Waals surface area contributed by atoms with Crippen molar-refractivity contribution >= 4 is 40.6 Å². The molecule has 0 atom stereocenters. The smallest absolute Gasteiger partial charge is 0.386 e. The largest absolute Gasteiger partial charge is 0.439 e. The van der Waals surface area contributed by atoms with Crippen LogP contribution in [0.3, 0.4) is 0 Å². The number of halogens is 11. The Balaban J connectivity index is 3.14. The molecule has 26 heavy (non-hydrogen) atoms. The van der Waals surface area contributed by atoms with Gasteiger partial charge in [0.1, 0.15) is 0 Å². The molecule has 0 radical (unpaired) electrons. The van der Waals surface area contributed by atoms with Gasteiger partial charge in [0.25, 0.3) is 0 Å². The lowest BCUT2D eigenvalue weighted by Gasteiger charge is -2.48. The van der Waals surface area contributed by atoms with Gasteiger partial charge < -0.3 is 4.18 Å². The molecule has 0 aromatic carbocycles. The van der Waals surface area contributed by atoms with E-state index in [1.165, 1.54) is 0 Å². The summed E-state index contributed by atoms with van der Waals surface area (Å²) in [7, 11) is 0. The van der Waals surface area contributed by atoms with E-state index in [0.29, 0.717) is 10.8 Å². The SMILES string of the molecule is O=C(OSCCCCI)C(F)(F)N1C(F)(F)C(F)(F)OC(F)(F)C1(F)F. The molecule has 1 aliphatic rings. The highest BCUT2D eigenvalue weighted by Crippen LogP contribution is 2.58. The van der Waals surface area contributed by atoms with Gasteiger partial charge in [0.15, 0.2) is 0 Å². The minimum atomic E-state index is -6.67. The molecule has 16 heteroatoms. The number of hydrogen-bond acceptors (Lipinski definition) is 5. The van der Waals surface area contributed by atoms with Crippen molar-refractivity contribution in [2.24, 2.45) is 0 Å². The van der Waals surface area contributed by atoms with Crippen LogP contribution in [-0.4, -0.2) is 51.4 Å². The molecule has 1 saturated heterocycles. The van der Waals surface area contributed by atoms with Gasteiger partial charge in [-0.15, -0.1) is 0 Å². The molecule has 0 amide bonds. The molecule has 0 aromatic rings. The van der Waals surface area contributed by atoms with E-state index in [1.54, 1.807) is 0 Å². The molecular formula is C10H8F10INO3S. The van der Waals surface area contributed by atoms with Crippen LogP contribution in [0.5, 0.6) is 0 Å². The number of ether oxygens (including phenoxy) is 1. The molecular weight excluding hydrogens is 531 g/mol. The Morgan fingerprint density at radius 1 is 1.00 bits per heavy atom. The standard InChI is InChI=1S/C10H8F10INO3S/c11-6(12,5(23)24-26-4-2-1-3-21)22-7(13,14)9(17,18)25-10(19,20)8(22,15)16/h1-4H2. The van der Waals surface area contributed by atoms with E-state index in [0.717, 1.165) is 0 Å². The molecule has 0 N–H and O–H groups in total. The lowest BCUT2D eigenvalue weighted by atomic mass is 10.2. The van der Waals surface area contributed by atoms with Crippen LogP contribution in [0, 0.1) is 0 Å². The second kappa shape index (κ2) is 7.65. The van der Waals surface area contributed by atoms with Crippen LogP contribution in [0.1, 0.15) is 12.8 Å². The fraction of sp³-hybridized carbons (Fsp3) is 0.900. The maximum Gasteiger partial charge on any atom is 0.439 e. The minimum Gasteiger partial charge on any atom is -0.386 e. The average Bonchev–Trinajstić information content (AvgIpc) is 2.43. The molecule has 0 spiro atoms. The fourth-order valence-corrected chi connectivity index (χ4v) is 2.72. The topological polar surface area (TPSA) is 38.8 Å². The summed E-state index contributed by atoms with van der Waals surface area (Å²) in [6.45, 7) is 0. The van der Waals surface area contributed by atoms with Crippen LogP contribution in [0.15, 0.2) is 0 Å². The summed E-state index contributed by atoms with van der Waals surface area (Å²) in [5.41, 5.74) is 0.